The van der Waals surface area contributed by atoms with Crippen LogP contribution in [0.4, 0.5) is 0 Å². The first kappa shape index (κ1) is 18.9. The highest BCUT2D eigenvalue weighted by Crippen LogP contribution is 2.49. The van der Waals surface area contributed by atoms with Gasteiger partial charge in [0.15, 0.2) is 0 Å². The molecule has 4 nitrogen and oxygen atoms in total. The summed E-state index contributed by atoms with van der Waals surface area (Å²) >= 11 is 6.04. The highest BCUT2D eigenvalue weighted by Gasteiger charge is 2.47. The maximum absolute atomic E-state index is 6.33. The summed E-state index contributed by atoms with van der Waals surface area (Å²) in [5.74, 6) is 0. The molecule has 2 aromatic rings. The van der Waals surface area contributed by atoms with E-state index in [-0.39, 0.29) is 11.0 Å². The number of halogens is 1. The van der Waals surface area contributed by atoms with E-state index in [0.717, 1.165) is 44.5 Å². The molecule has 1 atom stereocenters. The fraction of sp³-hybridized carbons (Fsp3) is 0.545. The number of ether oxygens (including phenoxy) is 1. The molecule has 2 fully saturated rings. The molecule has 0 radical (unpaired) electrons. The second kappa shape index (κ2) is 8.26. The average Bonchev–Trinajstić information content (AvgIpc) is 3.13. The van der Waals surface area contributed by atoms with Gasteiger partial charge >= 0.3 is 0 Å². The lowest BCUT2D eigenvalue weighted by molar-refractivity contribution is -0.103. The molecule has 0 aromatic carbocycles. The SMILES string of the molecule is Clc1cncc(CNCC[C@@]2(c3cccnc3)CCOC3(CCCC3)C2)c1. The highest BCUT2D eigenvalue weighted by molar-refractivity contribution is 6.30. The van der Waals surface area contributed by atoms with Gasteiger partial charge in [-0.15, -0.1) is 0 Å². The number of nitrogens with one attached hydrogen (secondary N) is 1. The Kier molecular flexibility index (Phi) is 5.76. The molecule has 5 heteroatoms. The van der Waals surface area contributed by atoms with Gasteiger partial charge in [0.25, 0.3) is 0 Å². The van der Waals surface area contributed by atoms with E-state index in [9.17, 15) is 0 Å². The molecule has 0 unspecified atom stereocenters. The maximum Gasteiger partial charge on any atom is 0.0691 e. The summed E-state index contributed by atoms with van der Waals surface area (Å²) < 4.78 is 6.33. The number of hydrogen-bond donors (Lipinski definition) is 1. The molecular weight excluding hydrogens is 358 g/mol. The number of aromatic nitrogens is 2. The zero-order chi connectivity index (χ0) is 18.6. The van der Waals surface area contributed by atoms with Gasteiger partial charge in [0, 0.05) is 43.4 Å². The van der Waals surface area contributed by atoms with Gasteiger partial charge in [-0.3, -0.25) is 9.97 Å². The topological polar surface area (TPSA) is 47.0 Å². The highest BCUT2D eigenvalue weighted by atomic mass is 35.5. The van der Waals surface area contributed by atoms with Crippen LogP contribution in [0.25, 0.3) is 0 Å². The summed E-state index contributed by atoms with van der Waals surface area (Å²) in [5.41, 5.74) is 2.73. The largest absolute Gasteiger partial charge is 0.375 e. The molecule has 2 aromatic heterocycles. The normalized spacial score (nSPS) is 24.3. The molecule has 1 saturated heterocycles. The Labute approximate surface area is 166 Å². The molecule has 1 saturated carbocycles. The minimum Gasteiger partial charge on any atom is -0.375 e. The molecule has 1 N–H and O–H groups in total. The molecule has 0 bridgehead atoms. The van der Waals surface area contributed by atoms with Gasteiger partial charge in [-0.1, -0.05) is 30.5 Å². The van der Waals surface area contributed by atoms with Crippen molar-refractivity contribution in [3.05, 3.63) is 59.1 Å². The minimum atomic E-state index is 0.0883. The van der Waals surface area contributed by atoms with Gasteiger partial charge in [-0.2, -0.15) is 0 Å². The van der Waals surface area contributed by atoms with Crippen LogP contribution in [-0.2, 0) is 16.7 Å². The summed E-state index contributed by atoms with van der Waals surface area (Å²) in [5, 5.41) is 4.28. The van der Waals surface area contributed by atoms with Crippen LogP contribution >= 0.6 is 11.6 Å². The molecule has 27 heavy (non-hydrogen) atoms. The Balaban J connectivity index is 1.45. The third-order valence-electron chi connectivity index (χ3n) is 6.31. The first-order valence-electron chi connectivity index (χ1n) is 10.0. The van der Waals surface area contributed by atoms with Crippen molar-refractivity contribution in [2.45, 2.75) is 62.5 Å². The van der Waals surface area contributed by atoms with Crippen molar-refractivity contribution < 1.29 is 4.74 Å². The molecular formula is C22H28ClN3O. The van der Waals surface area contributed by atoms with E-state index in [0.29, 0.717) is 5.02 Å². The van der Waals surface area contributed by atoms with Gasteiger partial charge in [0.05, 0.1) is 10.6 Å². The van der Waals surface area contributed by atoms with Crippen molar-refractivity contribution >= 4 is 11.6 Å². The zero-order valence-corrected chi connectivity index (χ0v) is 16.5. The van der Waals surface area contributed by atoms with Crippen LogP contribution in [0.2, 0.25) is 5.02 Å². The van der Waals surface area contributed by atoms with E-state index >= 15 is 0 Å². The quantitative estimate of drug-likeness (QED) is 0.734. The fourth-order valence-electron chi connectivity index (χ4n) is 4.95. The smallest absolute Gasteiger partial charge is 0.0691 e. The fourth-order valence-corrected chi connectivity index (χ4v) is 5.15. The summed E-state index contributed by atoms with van der Waals surface area (Å²) in [6.45, 7) is 2.60. The maximum atomic E-state index is 6.33. The van der Waals surface area contributed by atoms with Crippen LogP contribution < -0.4 is 5.32 Å². The molecule has 4 rings (SSSR count). The Morgan fingerprint density at radius 2 is 2.00 bits per heavy atom. The van der Waals surface area contributed by atoms with Gasteiger partial charge in [-0.05, 0) is 61.9 Å². The number of rotatable bonds is 6. The van der Waals surface area contributed by atoms with Crippen LogP contribution in [0.15, 0.2) is 43.0 Å². The van der Waals surface area contributed by atoms with Gasteiger partial charge in [0.1, 0.15) is 0 Å². The van der Waals surface area contributed by atoms with E-state index in [2.05, 4.69) is 33.6 Å². The van der Waals surface area contributed by atoms with Crippen LogP contribution in [0.3, 0.4) is 0 Å². The molecule has 0 amide bonds. The molecule has 1 aliphatic carbocycles. The molecule has 3 heterocycles. The van der Waals surface area contributed by atoms with Crippen LogP contribution in [0.5, 0.6) is 0 Å². The monoisotopic (exact) mass is 385 g/mol. The van der Waals surface area contributed by atoms with Crippen molar-refractivity contribution in [2.75, 3.05) is 13.2 Å². The summed E-state index contributed by atoms with van der Waals surface area (Å²) in [6, 6.07) is 6.29. The van der Waals surface area contributed by atoms with Crippen molar-refractivity contribution in [3.8, 4) is 0 Å². The lowest BCUT2D eigenvalue weighted by Crippen LogP contribution is -2.47. The third-order valence-corrected chi connectivity index (χ3v) is 6.52. The van der Waals surface area contributed by atoms with E-state index < -0.39 is 0 Å². The van der Waals surface area contributed by atoms with Crippen molar-refractivity contribution in [2.24, 2.45) is 0 Å². The predicted octanol–water partition coefficient (Wildman–Crippen LogP) is 4.67. The lowest BCUT2D eigenvalue weighted by Gasteiger charge is -2.47. The van der Waals surface area contributed by atoms with Crippen LogP contribution in [0.1, 0.15) is 56.1 Å². The molecule has 1 aliphatic heterocycles. The van der Waals surface area contributed by atoms with Gasteiger partial charge in [0.2, 0.25) is 0 Å². The Hall–Kier alpha value is -1.49. The first-order chi connectivity index (χ1) is 13.2. The first-order valence-corrected chi connectivity index (χ1v) is 10.4. The number of hydrogen-bond acceptors (Lipinski definition) is 4. The summed E-state index contributed by atoms with van der Waals surface area (Å²) in [4.78, 5) is 8.59. The Bertz CT molecular complexity index is 748. The van der Waals surface area contributed by atoms with Gasteiger partial charge < -0.3 is 10.1 Å². The van der Waals surface area contributed by atoms with Crippen molar-refractivity contribution in [3.63, 3.8) is 0 Å². The van der Waals surface area contributed by atoms with E-state index in [1.807, 2.05) is 18.5 Å². The second-order valence-corrected chi connectivity index (χ2v) is 8.56. The lowest BCUT2D eigenvalue weighted by atomic mass is 9.66. The zero-order valence-electron chi connectivity index (χ0n) is 15.8. The van der Waals surface area contributed by atoms with Crippen LogP contribution in [0, 0.1) is 0 Å². The standard InChI is InChI=1S/C22H28ClN3O/c23-20-12-18(14-26-16-20)13-25-10-7-21(19-4-3-9-24-15-19)8-11-27-22(17-21)5-1-2-6-22/h3-4,9,12,14-16,25H,1-2,5-8,10-11,13,17H2/t21-/m1/s1. The molecule has 144 valence electrons. The molecule has 2 aliphatic rings. The van der Waals surface area contributed by atoms with E-state index in [1.165, 1.54) is 31.2 Å². The molecule has 1 spiro atoms. The predicted molar refractivity (Wildman–Crippen MR) is 108 cm³/mol. The third kappa shape index (κ3) is 4.34. The van der Waals surface area contributed by atoms with E-state index in [4.69, 9.17) is 16.3 Å². The minimum absolute atomic E-state index is 0.0883. The average molecular weight is 386 g/mol. The van der Waals surface area contributed by atoms with Crippen molar-refractivity contribution in [1.82, 2.24) is 15.3 Å². The number of nitrogens with zero attached hydrogens (tertiary/aromatic N) is 2. The number of pyridine rings is 2. The Morgan fingerprint density at radius 3 is 2.78 bits per heavy atom. The summed E-state index contributed by atoms with van der Waals surface area (Å²) in [6.07, 6.45) is 15.8. The summed E-state index contributed by atoms with van der Waals surface area (Å²) in [7, 11) is 0. The van der Waals surface area contributed by atoms with Gasteiger partial charge in [-0.25, -0.2) is 0 Å². The second-order valence-electron chi connectivity index (χ2n) is 8.13. The van der Waals surface area contributed by atoms with E-state index in [1.54, 1.807) is 6.20 Å². The Morgan fingerprint density at radius 1 is 1.11 bits per heavy atom. The van der Waals surface area contributed by atoms with Crippen molar-refractivity contribution in [1.29, 1.82) is 0 Å². The van der Waals surface area contributed by atoms with Crippen LogP contribution in [-0.4, -0.2) is 28.7 Å².